The first kappa shape index (κ1) is 21.6. The van der Waals surface area contributed by atoms with Crippen LogP contribution >= 0.6 is 0 Å². The van der Waals surface area contributed by atoms with Crippen LogP contribution in [0.3, 0.4) is 0 Å². The summed E-state index contributed by atoms with van der Waals surface area (Å²) in [7, 11) is 0. The zero-order chi connectivity index (χ0) is 21.5. The third-order valence-corrected chi connectivity index (χ3v) is 4.95. The molecule has 1 saturated heterocycles. The summed E-state index contributed by atoms with van der Waals surface area (Å²) in [5, 5.41) is 17.3. The van der Waals surface area contributed by atoms with Gasteiger partial charge in [0.25, 0.3) is 5.69 Å². The number of nitrogens with one attached hydrogen (secondary N) is 2. The van der Waals surface area contributed by atoms with Crippen molar-refractivity contribution in [3.63, 3.8) is 0 Å². The number of hydrogen-bond donors (Lipinski definition) is 2. The molecule has 2 unspecified atom stereocenters. The maximum Gasteiger partial charge on any atom is 0.269 e. The van der Waals surface area contributed by atoms with E-state index in [9.17, 15) is 18.9 Å². The first-order valence-corrected chi connectivity index (χ1v) is 9.73. The molecule has 0 bridgehead atoms. The number of guanidine groups is 1. The Kier molecular flexibility index (Phi) is 7.29. The molecule has 0 aliphatic carbocycles. The third-order valence-electron chi connectivity index (χ3n) is 4.95. The number of nitrogens with zero attached hydrogens (tertiary/aromatic N) is 2. The maximum absolute atomic E-state index is 13.6. The Labute approximate surface area is 173 Å². The van der Waals surface area contributed by atoms with Gasteiger partial charge in [-0.2, -0.15) is 0 Å². The second-order valence-electron chi connectivity index (χ2n) is 7.24. The van der Waals surface area contributed by atoms with Gasteiger partial charge in [-0.15, -0.1) is 0 Å². The van der Waals surface area contributed by atoms with Gasteiger partial charge in [0, 0.05) is 31.2 Å². The number of non-ortho nitro benzene ring substituents is 1. The molecule has 1 fully saturated rings. The molecule has 1 aliphatic rings. The van der Waals surface area contributed by atoms with Gasteiger partial charge in [0.05, 0.1) is 24.1 Å². The second-order valence-corrected chi connectivity index (χ2v) is 7.24. The molecule has 30 heavy (non-hydrogen) atoms. The molecule has 2 aromatic rings. The van der Waals surface area contributed by atoms with Crippen LogP contribution in [0.5, 0.6) is 0 Å². The second kappa shape index (κ2) is 10.1. The molecule has 2 N–H and O–H groups in total. The fraction of sp³-hybridized carbons (Fsp3) is 0.381. The van der Waals surface area contributed by atoms with E-state index in [4.69, 9.17) is 4.74 Å². The molecular formula is C21H24F2N4O3. The molecule has 7 nitrogen and oxygen atoms in total. The minimum atomic E-state index is -0.901. The lowest BCUT2D eigenvalue weighted by Crippen LogP contribution is -2.41. The first-order chi connectivity index (χ1) is 14.4. The fourth-order valence-electron chi connectivity index (χ4n) is 3.10. The van der Waals surface area contributed by atoms with Gasteiger partial charge < -0.3 is 15.4 Å². The van der Waals surface area contributed by atoms with E-state index in [0.717, 1.165) is 30.7 Å². The summed E-state index contributed by atoms with van der Waals surface area (Å²) in [4.78, 5) is 14.9. The smallest absolute Gasteiger partial charge is 0.269 e. The standard InChI is InChI=1S/C21H24F2N4O3/c1-14(17-4-7-19(22)20(23)10-17)26-21(25-12-16-8-9-30-13-16)24-11-15-2-5-18(6-3-15)27(28)29/h2-7,10,14,16H,8-9,11-13H2,1H3,(H2,24,25,26). The van der Waals surface area contributed by atoms with Gasteiger partial charge in [0.1, 0.15) is 0 Å². The predicted octanol–water partition coefficient (Wildman–Crippen LogP) is 3.71. The molecule has 9 heteroatoms. The summed E-state index contributed by atoms with van der Waals surface area (Å²) < 4.78 is 32.2. The number of hydrogen-bond acceptors (Lipinski definition) is 4. The van der Waals surface area contributed by atoms with E-state index in [-0.39, 0.29) is 11.7 Å². The molecule has 0 saturated carbocycles. The van der Waals surface area contributed by atoms with Crippen molar-refractivity contribution in [2.45, 2.75) is 25.9 Å². The number of rotatable bonds is 7. The Balaban J connectivity index is 1.70. The van der Waals surface area contributed by atoms with Crippen molar-refractivity contribution in [1.82, 2.24) is 10.6 Å². The number of nitro benzene ring substituents is 1. The summed E-state index contributed by atoms with van der Waals surface area (Å²) in [5.74, 6) is -0.911. The van der Waals surface area contributed by atoms with Crippen molar-refractivity contribution in [3.05, 3.63) is 75.3 Å². The van der Waals surface area contributed by atoms with Crippen molar-refractivity contribution in [3.8, 4) is 0 Å². The van der Waals surface area contributed by atoms with Crippen LogP contribution in [0.1, 0.15) is 30.5 Å². The van der Waals surface area contributed by atoms with E-state index in [1.807, 2.05) is 6.92 Å². The molecule has 0 aromatic heterocycles. The maximum atomic E-state index is 13.6. The molecule has 2 atom stereocenters. The summed E-state index contributed by atoms with van der Waals surface area (Å²) in [6.07, 6.45) is 0.960. The van der Waals surface area contributed by atoms with Gasteiger partial charge in [-0.1, -0.05) is 18.2 Å². The van der Waals surface area contributed by atoms with Gasteiger partial charge in [0.15, 0.2) is 17.6 Å². The van der Waals surface area contributed by atoms with Crippen LogP contribution in [0.25, 0.3) is 0 Å². The molecule has 1 heterocycles. The molecular weight excluding hydrogens is 394 g/mol. The summed E-state index contributed by atoms with van der Waals surface area (Å²) in [5.41, 5.74) is 1.42. The highest BCUT2D eigenvalue weighted by molar-refractivity contribution is 5.80. The van der Waals surface area contributed by atoms with Crippen LogP contribution in [0.2, 0.25) is 0 Å². The Bertz CT molecular complexity index is 900. The van der Waals surface area contributed by atoms with Crippen molar-refractivity contribution >= 4 is 11.6 Å². The van der Waals surface area contributed by atoms with Gasteiger partial charge in [0.2, 0.25) is 0 Å². The topological polar surface area (TPSA) is 88.8 Å². The van der Waals surface area contributed by atoms with Gasteiger partial charge in [-0.25, -0.2) is 13.8 Å². The highest BCUT2D eigenvalue weighted by atomic mass is 19.2. The van der Waals surface area contributed by atoms with E-state index < -0.39 is 16.6 Å². The minimum Gasteiger partial charge on any atom is -0.381 e. The number of aliphatic imine (C=N–C) groups is 1. The molecule has 0 spiro atoms. The lowest BCUT2D eigenvalue weighted by molar-refractivity contribution is -0.384. The highest BCUT2D eigenvalue weighted by Gasteiger charge is 2.17. The zero-order valence-corrected chi connectivity index (χ0v) is 16.6. The minimum absolute atomic E-state index is 0.0207. The van der Waals surface area contributed by atoms with Gasteiger partial charge in [-0.05, 0) is 36.6 Å². The fourth-order valence-corrected chi connectivity index (χ4v) is 3.10. The summed E-state index contributed by atoms with van der Waals surface area (Å²) in [6.45, 7) is 4.21. The first-order valence-electron chi connectivity index (χ1n) is 9.73. The SMILES string of the molecule is CC(NC(=NCc1ccc([N+](=O)[O-])cc1)NCC1CCOC1)c1ccc(F)c(F)c1. The number of benzene rings is 2. The molecule has 2 aromatic carbocycles. The quantitative estimate of drug-likeness (QED) is 0.310. The molecule has 1 aliphatic heterocycles. The average Bonchev–Trinajstić information content (AvgIpc) is 3.26. The van der Waals surface area contributed by atoms with E-state index >= 15 is 0 Å². The largest absolute Gasteiger partial charge is 0.381 e. The van der Waals surface area contributed by atoms with Crippen LogP contribution < -0.4 is 10.6 Å². The molecule has 160 valence electrons. The lowest BCUT2D eigenvalue weighted by atomic mass is 10.1. The van der Waals surface area contributed by atoms with Crippen LogP contribution in [0.4, 0.5) is 14.5 Å². The molecule has 3 rings (SSSR count). The average molecular weight is 418 g/mol. The Morgan fingerprint density at radius 2 is 2.03 bits per heavy atom. The van der Waals surface area contributed by atoms with Crippen molar-refractivity contribution < 1.29 is 18.4 Å². The Hall–Kier alpha value is -3.07. The number of halogens is 2. The molecule has 0 radical (unpaired) electrons. The van der Waals surface area contributed by atoms with Crippen LogP contribution in [0, 0.1) is 27.7 Å². The summed E-state index contributed by atoms with van der Waals surface area (Å²) >= 11 is 0. The van der Waals surface area contributed by atoms with Crippen molar-refractivity contribution in [2.24, 2.45) is 10.9 Å². The highest BCUT2D eigenvalue weighted by Crippen LogP contribution is 2.17. The van der Waals surface area contributed by atoms with E-state index in [0.29, 0.717) is 37.1 Å². The Morgan fingerprint density at radius 1 is 1.27 bits per heavy atom. The normalized spacial score (nSPS) is 17.6. The van der Waals surface area contributed by atoms with E-state index in [1.54, 1.807) is 12.1 Å². The Morgan fingerprint density at radius 3 is 2.67 bits per heavy atom. The van der Waals surface area contributed by atoms with E-state index in [2.05, 4.69) is 15.6 Å². The number of nitro groups is 1. The third kappa shape index (κ3) is 5.96. The van der Waals surface area contributed by atoms with Gasteiger partial charge >= 0.3 is 0 Å². The van der Waals surface area contributed by atoms with E-state index in [1.165, 1.54) is 18.2 Å². The monoisotopic (exact) mass is 418 g/mol. The van der Waals surface area contributed by atoms with Crippen LogP contribution in [-0.2, 0) is 11.3 Å². The summed E-state index contributed by atoms with van der Waals surface area (Å²) in [6, 6.07) is 9.64. The molecule has 0 amide bonds. The number of ether oxygens (including phenoxy) is 1. The van der Waals surface area contributed by atoms with Gasteiger partial charge in [-0.3, -0.25) is 10.1 Å². The van der Waals surface area contributed by atoms with Crippen LogP contribution in [0.15, 0.2) is 47.5 Å². The predicted molar refractivity (Wildman–Crippen MR) is 109 cm³/mol. The zero-order valence-electron chi connectivity index (χ0n) is 16.6. The van der Waals surface area contributed by atoms with Crippen molar-refractivity contribution in [2.75, 3.05) is 19.8 Å². The lowest BCUT2D eigenvalue weighted by Gasteiger charge is -2.20. The van der Waals surface area contributed by atoms with Crippen molar-refractivity contribution in [1.29, 1.82) is 0 Å². The van der Waals surface area contributed by atoms with Crippen LogP contribution in [-0.4, -0.2) is 30.6 Å².